The van der Waals surface area contributed by atoms with Crippen molar-refractivity contribution in [1.82, 2.24) is 30.1 Å². The molecule has 0 aromatic carbocycles. The van der Waals surface area contributed by atoms with Gasteiger partial charge in [0.2, 0.25) is 5.91 Å². The Balaban J connectivity index is 1.52. The molecular formula is C19H18N6O3. The lowest BCUT2D eigenvalue weighted by molar-refractivity contribution is -0.116. The highest BCUT2D eigenvalue weighted by Gasteiger charge is 2.17. The highest BCUT2D eigenvalue weighted by molar-refractivity contribution is 5.91. The minimum atomic E-state index is -0.261. The molecule has 4 aromatic rings. The number of hydrogen-bond acceptors (Lipinski definition) is 7. The molecule has 0 aliphatic heterocycles. The van der Waals surface area contributed by atoms with Crippen LogP contribution in [-0.4, -0.2) is 30.6 Å². The zero-order valence-corrected chi connectivity index (χ0v) is 15.4. The second-order valence-corrected chi connectivity index (χ2v) is 6.41. The topological polar surface area (TPSA) is 111 Å². The van der Waals surface area contributed by atoms with Crippen molar-refractivity contribution in [3.05, 3.63) is 60.2 Å². The van der Waals surface area contributed by atoms with Crippen molar-refractivity contribution in [2.45, 2.75) is 26.3 Å². The molecule has 0 fully saturated rings. The van der Waals surface area contributed by atoms with Crippen LogP contribution in [0.1, 0.15) is 37.2 Å². The lowest BCUT2D eigenvalue weighted by Gasteiger charge is -2.02. The number of nitrogens with zero attached hydrogens (tertiary/aromatic N) is 5. The fourth-order valence-corrected chi connectivity index (χ4v) is 2.60. The SMILES string of the molecule is CC(C)c1noc(-c2cccn3c(CNC(=O)/C=C/c4ccco4)nnc23)n1. The molecule has 4 heterocycles. The number of aromatic nitrogens is 5. The molecule has 0 radical (unpaired) electrons. The lowest BCUT2D eigenvalue weighted by atomic mass is 10.2. The van der Waals surface area contributed by atoms with Crippen LogP contribution in [0.5, 0.6) is 0 Å². The molecule has 4 rings (SSSR count). The summed E-state index contributed by atoms with van der Waals surface area (Å²) in [5, 5.41) is 15.2. The first-order valence-electron chi connectivity index (χ1n) is 8.78. The van der Waals surface area contributed by atoms with E-state index in [0.29, 0.717) is 34.5 Å². The Morgan fingerprint density at radius 2 is 2.18 bits per heavy atom. The van der Waals surface area contributed by atoms with Gasteiger partial charge in [0.05, 0.1) is 18.4 Å². The number of nitrogens with one attached hydrogen (secondary N) is 1. The Morgan fingerprint density at radius 3 is 2.93 bits per heavy atom. The van der Waals surface area contributed by atoms with E-state index in [9.17, 15) is 4.79 Å². The number of amides is 1. The van der Waals surface area contributed by atoms with Crippen molar-refractivity contribution in [2.75, 3.05) is 0 Å². The molecule has 9 nitrogen and oxygen atoms in total. The van der Waals surface area contributed by atoms with E-state index < -0.39 is 0 Å². The van der Waals surface area contributed by atoms with Gasteiger partial charge < -0.3 is 14.3 Å². The van der Waals surface area contributed by atoms with Gasteiger partial charge in [0.15, 0.2) is 17.3 Å². The molecule has 0 aliphatic rings. The van der Waals surface area contributed by atoms with Crippen LogP contribution in [0.15, 0.2) is 51.7 Å². The molecule has 9 heteroatoms. The molecule has 0 bridgehead atoms. The number of rotatable bonds is 6. The number of carbonyl (C=O) groups is 1. The van der Waals surface area contributed by atoms with Gasteiger partial charge in [-0.3, -0.25) is 9.20 Å². The molecule has 1 N–H and O–H groups in total. The summed E-state index contributed by atoms with van der Waals surface area (Å²) in [6.07, 6.45) is 6.36. The fraction of sp³-hybridized carbons (Fsp3) is 0.211. The van der Waals surface area contributed by atoms with Crippen LogP contribution in [0.3, 0.4) is 0 Å². The summed E-state index contributed by atoms with van der Waals surface area (Å²) in [5.74, 6) is 2.11. The third-order valence-corrected chi connectivity index (χ3v) is 4.06. The monoisotopic (exact) mass is 378 g/mol. The fourth-order valence-electron chi connectivity index (χ4n) is 2.60. The Labute approximate surface area is 160 Å². The van der Waals surface area contributed by atoms with E-state index >= 15 is 0 Å². The third kappa shape index (κ3) is 3.54. The van der Waals surface area contributed by atoms with Crippen LogP contribution in [0.2, 0.25) is 0 Å². The number of fused-ring (bicyclic) bond motifs is 1. The van der Waals surface area contributed by atoms with Gasteiger partial charge in [-0.05, 0) is 30.3 Å². The first-order chi connectivity index (χ1) is 13.6. The number of carbonyl (C=O) groups excluding carboxylic acids is 1. The largest absolute Gasteiger partial charge is 0.465 e. The summed E-state index contributed by atoms with van der Waals surface area (Å²) in [6, 6.07) is 7.20. The van der Waals surface area contributed by atoms with Crippen LogP contribution in [0.4, 0.5) is 0 Å². The molecule has 0 saturated carbocycles. The first kappa shape index (κ1) is 17.7. The summed E-state index contributed by atoms with van der Waals surface area (Å²) in [7, 11) is 0. The van der Waals surface area contributed by atoms with Crippen molar-refractivity contribution >= 4 is 17.6 Å². The van der Waals surface area contributed by atoms with Crippen LogP contribution >= 0.6 is 0 Å². The zero-order valence-electron chi connectivity index (χ0n) is 15.4. The minimum Gasteiger partial charge on any atom is -0.465 e. The maximum absolute atomic E-state index is 12.0. The van der Waals surface area contributed by atoms with E-state index in [2.05, 4.69) is 25.7 Å². The van der Waals surface area contributed by atoms with Crippen molar-refractivity contribution in [3.8, 4) is 11.5 Å². The number of pyridine rings is 1. The van der Waals surface area contributed by atoms with Gasteiger partial charge in [0, 0.05) is 18.2 Å². The van der Waals surface area contributed by atoms with Gasteiger partial charge in [-0.15, -0.1) is 10.2 Å². The number of hydrogen-bond donors (Lipinski definition) is 1. The van der Waals surface area contributed by atoms with E-state index in [0.717, 1.165) is 0 Å². The van der Waals surface area contributed by atoms with Gasteiger partial charge in [0.1, 0.15) is 5.76 Å². The summed E-state index contributed by atoms with van der Waals surface area (Å²) in [5.41, 5.74) is 1.27. The second kappa shape index (κ2) is 7.47. The van der Waals surface area contributed by atoms with E-state index in [4.69, 9.17) is 8.94 Å². The van der Waals surface area contributed by atoms with Gasteiger partial charge >= 0.3 is 0 Å². The molecule has 0 atom stereocenters. The van der Waals surface area contributed by atoms with Crippen molar-refractivity contribution in [1.29, 1.82) is 0 Å². The summed E-state index contributed by atoms with van der Waals surface area (Å²) in [4.78, 5) is 16.4. The zero-order chi connectivity index (χ0) is 19.5. The molecule has 28 heavy (non-hydrogen) atoms. The van der Waals surface area contributed by atoms with Crippen molar-refractivity contribution < 1.29 is 13.7 Å². The molecule has 0 spiro atoms. The van der Waals surface area contributed by atoms with E-state index in [1.165, 1.54) is 6.08 Å². The average Bonchev–Trinajstić information content (AvgIpc) is 3.45. The highest BCUT2D eigenvalue weighted by atomic mass is 16.5. The number of furan rings is 1. The van der Waals surface area contributed by atoms with E-state index in [-0.39, 0.29) is 18.4 Å². The van der Waals surface area contributed by atoms with Crippen molar-refractivity contribution in [2.24, 2.45) is 0 Å². The third-order valence-electron chi connectivity index (χ3n) is 4.06. The van der Waals surface area contributed by atoms with E-state index in [1.54, 1.807) is 28.9 Å². The smallest absolute Gasteiger partial charge is 0.261 e. The van der Waals surface area contributed by atoms with Gasteiger partial charge in [-0.1, -0.05) is 19.0 Å². The molecule has 1 amide bonds. The summed E-state index contributed by atoms with van der Waals surface area (Å²) in [6.45, 7) is 4.20. The molecule has 4 aromatic heterocycles. The predicted octanol–water partition coefficient (Wildman–Crippen LogP) is 2.83. The predicted molar refractivity (Wildman–Crippen MR) is 100.0 cm³/mol. The maximum Gasteiger partial charge on any atom is 0.261 e. The first-order valence-corrected chi connectivity index (χ1v) is 8.78. The highest BCUT2D eigenvalue weighted by Crippen LogP contribution is 2.23. The Bertz CT molecular complexity index is 1120. The molecule has 0 unspecified atom stereocenters. The Hall–Kier alpha value is -3.75. The maximum atomic E-state index is 12.0. The molecule has 0 aliphatic carbocycles. The summed E-state index contributed by atoms with van der Waals surface area (Å²) < 4.78 is 12.3. The van der Waals surface area contributed by atoms with E-state index in [1.807, 2.05) is 32.2 Å². The van der Waals surface area contributed by atoms with Crippen LogP contribution < -0.4 is 5.32 Å². The normalized spacial score (nSPS) is 11.7. The Morgan fingerprint density at radius 1 is 1.29 bits per heavy atom. The minimum absolute atomic E-state index is 0.162. The van der Waals surface area contributed by atoms with Gasteiger partial charge in [-0.25, -0.2) is 0 Å². The van der Waals surface area contributed by atoms with Gasteiger partial charge in [-0.2, -0.15) is 4.98 Å². The second-order valence-electron chi connectivity index (χ2n) is 6.41. The van der Waals surface area contributed by atoms with Crippen molar-refractivity contribution in [3.63, 3.8) is 0 Å². The lowest BCUT2D eigenvalue weighted by Crippen LogP contribution is -2.21. The Kier molecular flexibility index (Phi) is 4.71. The van der Waals surface area contributed by atoms with Crippen LogP contribution in [0.25, 0.3) is 23.2 Å². The average molecular weight is 378 g/mol. The molecular weight excluding hydrogens is 360 g/mol. The quantitative estimate of drug-likeness (QED) is 0.514. The summed E-state index contributed by atoms with van der Waals surface area (Å²) >= 11 is 0. The van der Waals surface area contributed by atoms with Crippen LogP contribution in [-0.2, 0) is 11.3 Å². The molecule has 142 valence electrons. The molecule has 0 saturated heterocycles. The standard InChI is InChI=1S/C19H18N6O3/c1-12(2)17-21-19(28-24-17)14-6-3-9-25-15(22-23-18(14)25)11-20-16(26)8-7-13-5-4-10-27-13/h3-10,12H,11H2,1-2H3,(H,20,26)/b8-7+. The van der Waals surface area contributed by atoms with Crippen LogP contribution in [0, 0.1) is 0 Å². The van der Waals surface area contributed by atoms with Gasteiger partial charge in [0.25, 0.3) is 5.89 Å².